The Kier molecular flexibility index (Phi) is 6.73. The van der Waals surface area contributed by atoms with Gasteiger partial charge in [-0.2, -0.15) is 0 Å². The van der Waals surface area contributed by atoms with Gasteiger partial charge in [-0.1, -0.05) is 12.5 Å². The maximum atomic E-state index is 11.8. The monoisotopic (exact) mass is 278 g/mol. The highest BCUT2D eigenvalue weighted by Crippen LogP contribution is 2.20. The van der Waals surface area contributed by atoms with Crippen LogP contribution in [0.15, 0.2) is 18.2 Å². The van der Waals surface area contributed by atoms with Crippen LogP contribution in [0.25, 0.3) is 0 Å². The standard InChI is InChI=1S/C15H22N2O3/c1-11-12(15(19)20-2)7-6-8-13(11)17-14(18)9-4-3-5-10-16/h6-8H,3-5,9-10,16H2,1-2H3,(H,17,18). The Morgan fingerprint density at radius 3 is 2.65 bits per heavy atom. The molecule has 1 aromatic rings. The number of esters is 1. The van der Waals surface area contributed by atoms with E-state index in [4.69, 9.17) is 10.5 Å². The minimum atomic E-state index is -0.401. The lowest BCUT2D eigenvalue weighted by molar-refractivity contribution is -0.116. The fraction of sp³-hybridized carbons (Fsp3) is 0.467. The molecule has 0 aliphatic carbocycles. The van der Waals surface area contributed by atoms with Crippen LogP contribution < -0.4 is 11.1 Å². The van der Waals surface area contributed by atoms with Gasteiger partial charge in [0.1, 0.15) is 0 Å². The minimum Gasteiger partial charge on any atom is -0.465 e. The van der Waals surface area contributed by atoms with Crippen molar-refractivity contribution in [1.29, 1.82) is 0 Å². The molecule has 0 aliphatic heterocycles. The predicted molar refractivity (Wildman–Crippen MR) is 78.7 cm³/mol. The molecule has 0 aromatic heterocycles. The third kappa shape index (κ3) is 4.66. The SMILES string of the molecule is COC(=O)c1cccc(NC(=O)CCCCCN)c1C. The molecule has 0 unspecified atom stereocenters. The zero-order chi connectivity index (χ0) is 15.0. The average molecular weight is 278 g/mol. The van der Waals surface area contributed by atoms with Crippen molar-refractivity contribution >= 4 is 17.6 Å². The summed E-state index contributed by atoms with van der Waals surface area (Å²) in [5, 5.41) is 2.83. The number of amides is 1. The number of nitrogens with one attached hydrogen (secondary N) is 1. The quantitative estimate of drug-likeness (QED) is 0.592. The number of unbranched alkanes of at least 4 members (excludes halogenated alkanes) is 2. The maximum absolute atomic E-state index is 11.8. The summed E-state index contributed by atoms with van der Waals surface area (Å²) in [5.41, 5.74) is 7.24. The first-order valence-corrected chi connectivity index (χ1v) is 6.78. The van der Waals surface area contributed by atoms with Crippen molar-refractivity contribution in [1.82, 2.24) is 0 Å². The Labute approximate surface area is 119 Å². The van der Waals surface area contributed by atoms with E-state index in [9.17, 15) is 9.59 Å². The van der Waals surface area contributed by atoms with Crippen molar-refractivity contribution < 1.29 is 14.3 Å². The molecule has 5 nitrogen and oxygen atoms in total. The summed E-state index contributed by atoms with van der Waals surface area (Å²) in [6, 6.07) is 5.18. The van der Waals surface area contributed by atoms with E-state index in [1.54, 1.807) is 25.1 Å². The molecular formula is C15H22N2O3. The highest BCUT2D eigenvalue weighted by Gasteiger charge is 2.13. The number of carbonyl (C=O) groups is 2. The van der Waals surface area contributed by atoms with E-state index in [0.29, 0.717) is 24.2 Å². The highest BCUT2D eigenvalue weighted by atomic mass is 16.5. The van der Waals surface area contributed by atoms with Crippen molar-refractivity contribution in [2.45, 2.75) is 32.6 Å². The summed E-state index contributed by atoms with van der Waals surface area (Å²) >= 11 is 0. The van der Waals surface area contributed by atoms with Crippen molar-refractivity contribution in [2.24, 2.45) is 5.73 Å². The number of hydrogen-bond acceptors (Lipinski definition) is 4. The van der Waals surface area contributed by atoms with Crippen LogP contribution in [-0.2, 0) is 9.53 Å². The van der Waals surface area contributed by atoms with Gasteiger partial charge in [0, 0.05) is 12.1 Å². The summed E-state index contributed by atoms with van der Waals surface area (Å²) in [6.45, 7) is 2.44. The fourth-order valence-electron chi connectivity index (χ4n) is 1.92. The summed E-state index contributed by atoms with van der Waals surface area (Å²) in [6.07, 6.45) is 3.16. The molecule has 20 heavy (non-hydrogen) atoms. The predicted octanol–water partition coefficient (Wildman–Crippen LogP) is 2.24. The second kappa shape index (κ2) is 8.32. The Hall–Kier alpha value is -1.88. The minimum absolute atomic E-state index is 0.0489. The Morgan fingerprint density at radius 1 is 1.25 bits per heavy atom. The highest BCUT2D eigenvalue weighted by molar-refractivity contribution is 5.96. The van der Waals surface area contributed by atoms with Gasteiger partial charge in [0.2, 0.25) is 5.91 Å². The van der Waals surface area contributed by atoms with Gasteiger partial charge < -0.3 is 15.8 Å². The number of hydrogen-bond donors (Lipinski definition) is 2. The molecule has 110 valence electrons. The molecule has 0 spiro atoms. The zero-order valence-corrected chi connectivity index (χ0v) is 12.1. The zero-order valence-electron chi connectivity index (χ0n) is 12.1. The summed E-state index contributed by atoms with van der Waals surface area (Å²) in [7, 11) is 1.34. The van der Waals surface area contributed by atoms with Gasteiger partial charge in [-0.05, 0) is 44.0 Å². The van der Waals surface area contributed by atoms with Crippen molar-refractivity contribution in [3.8, 4) is 0 Å². The number of carbonyl (C=O) groups excluding carboxylic acids is 2. The topological polar surface area (TPSA) is 81.4 Å². The molecule has 0 bridgehead atoms. The lowest BCUT2D eigenvalue weighted by Crippen LogP contribution is -2.14. The molecule has 5 heteroatoms. The van der Waals surface area contributed by atoms with Gasteiger partial charge in [-0.3, -0.25) is 4.79 Å². The first kappa shape index (κ1) is 16.2. The Balaban J connectivity index is 2.64. The molecule has 1 amide bonds. The molecule has 0 saturated carbocycles. The number of nitrogens with two attached hydrogens (primary N) is 1. The van der Waals surface area contributed by atoms with Crippen LogP contribution in [0, 0.1) is 6.92 Å². The van der Waals surface area contributed by atoms with E-state index in [-0.39, 0.29) is 5.91 Å². The summed E-state index contributed by atoms with van der Waals surface area (Å²) in [4.78, 5) is 23.4. The van der Waals surface area contributed by atoms with E-state index >= 15 is 0 Å². The lowest BCUT2D eigenvalue weighted by atomic mass is 10.1. The van der Waals surface area contributed by atoms with Crippen LogP contribution in [0.1, 0.15) is 41.6 Å². The van der Waals surface area contributed by atoms with E-state index < -0.39 is 5.97 Å². The molecule has 0 atom stereocenters. The Morgan fingerprint density at radius 2 is 2.00 bits per heavy atom. The van der Waals surface area contributed by atoms with Gasteiger partial charge in [0.15, 0.2) is 0 Å². The van der Waals surface area contributed by atoms with Crippen molar-refractivity contribution in [3.63, 3.8) is 0 Å². The van der Waals surface area contributed by atoms with Gasteiger partial charge >= 0.3 is 5.97 Å². The van der Waals surface area contributed by atoms with Gasteiger partial charge in [0.25, 0.3) is 0 Å². The molecule has 0 fully saturated rings. The van der Waals surface area contributed by atoms with Crippen molar-refractivity contribution in [2.75, 3.05) is 19.0 Å². The lowest BCUT2D eigenvalue weighted by Gasteiger charge is -2.11. The maximum Gasteiger partial charge on any atom is 0.338 e. The molecule has 0 aliphatic rings. The van der Waals surface area contributed by atoms with E-state index in [1.807, 2.05) is 0 Å². The van der Waals surface area contributed by atoms with Crippen LogP contribution in [0.3, 0.4) is 0 Å². The molecule has 1 rings (SSSR count). The number of rotatable bonds is 7. The number of methoxy groups -OCH3 is 1. The first-order chi connectivity index (χ1) is 9.60. The summed E-state index contributed by atoms with van der Waals surface area (Å²) < 4.78 is 4.71. The first-order valence-electron chi connectivity index (χ1n) is 6.78. The Bertz CT molecular complexity index is 472. The molecule has 1 aromatic carbocycles. The second-order valence-electron chi connectivity index (χ2n) is 4.62. The van der Waals surface area contributed by atoms with E-state index in [2.05, 4.69) is 5.32 Å². The molecule has 3 N–H and O–H groups in total. The third-order valence-electron chi connectivity index (χ3n) is 3.12. The summed E-state index contributed by atoms with van der Waals surface area (Å²) in [5.74, 6) is -0.450. The van der Waals surface area contributed by atoms with Crippen LogP contribution in [-0.4, -0.2) is 25.5 Å². The van der Waals surface area contributed by atoms with Gasteiger partial charge in [-0.25, -0.2) is 4.79 Å². The number of ether oxygens (including phenoxy) is 1. The number of anilines is 1. The van der Waals surface area contributed by atoms with Gasteiger partial charge in [0.05, 0.1) is 12.7 Å². The smallest absolute Gasteiger partial charge is 0.338 e. The second-order valence-corrected chi connectivity index (χ2v) is 4.62. The number of benzene rings is 1. The van der Waals surface area contributed by atoms with Crippen LogP contribution >= 0.6 is 0 Å². The van der Waals surface area contributed by atoms with E-state index in [1.165, 1.54) is 7.11 Å². The average Bonchev–Trinajstić information content (AvgIpc) is 2.45. The van der Waals surface area contributed by atoms with Crippen molar-refractivity contribution in [3.05, 3.63) is 29.3 Å². The van der Waals surface area contributed by atoms with Crippen LogP contribution in [0.5, 0.6) is 0 Å². The molecule has 0 saturated heterocycles. The fourth-order valence-corrected chi connectivity index (χ4v) is 1.92. The van der Waals surface area contributed by atoms with Crippen LogP contribution in [0.2, 0.25) is 0 Å². The van der Waals surface area contributed by atoms with Crippen LogP contribution in [0.4, 0.5) is 5.69 Å². The largest absolute Gasteiger partial charge is 0.465 e. The molecular weight excluding hydrogens is 256 g/mol. The van der Waals surface area contributed by atoms with E-state index in [0.717, 1.165) is 24.8 Å². The normalized spacial score (nSPS) is 10.2. The molecule has 0 heterocycles. The molecule has 0 radical (unpaired) electrons. The van der Waals surface area contributed by atoms with Gasteiger partial charge in [-0.15, -0.1) is 0 Å². The third-order valence-corrected chi connectivity index (χ3v) is 3.12.